The number of aliphatic hydroxyl groups excluding tert-OH is 1. The first-order valence-electron chi connectivity index (χ1n) is 6.98. The molecule has 21 heavy (non-hydrogen) atoms. The van der Waals surface area contributed by atoms with Crippen LogP contribution in [0.4, 0.5) is 14.9 Å². The number of benzene rings is 1. The van der Waals surface area contributed by atoms with Crippen LogP contribution < -0.4 is 5.32 Å². The maximum Gasteiger partial charge on any atom is 0.321 e. The second kappa shape index (κ2) is 8.93. The van der Waals surface area contributed by atoms with Crippen molar-refractivity contribution in [1.82, 2.24) is 4.90 Å². The van der Waals surface area contributed by atoms with Crippen molar-refractivity contribution in [2.75, 3.05) is 25.0 Å². The third kappa shape index (κ3) is 5.40. The number of nitriles is 1. The van der Waals surface area contributed by atoms with Crippen molar-refractivity contribution in [2.45, 2.75) is 26.2 Å². The SMILES string of the molecule is CCCCCN(CCO)C(=O)Nc1ccc(F)c(C#N)c1. The van der Waals surface area contributed by atoms with Gasteiger partial charge in [0.2, 0.25) is 0 Å². The first-order chi connectivity index (χ1) is 10.1. The number of nitrogens with one attached hydrogen (secondary N) is 1. The molecule has 0 fully saturated rings. The number of hydrogen-bond acceptors (Lipinski definition) is 3. The third-order valence-corrected chi connectivity index (χ3v) is 3.03. The maximum absolute atomic E-state index is 13.2. The normalized spacial score (nSPS) is 10.0. The first-order valence-corrected chi connectivity index (χ1v) is 6.98. The molecule has 0 aliphatic heterocycles. The van der Waals surface area contributed by atoms with Gasteiger partial charge in [0.05, 0.1) is 12.2 Å². The number of carbonyl (C=O) groups is 1. The number of nitrogens with zero attached hydrogens (tertiary/aromatic N) is 2. The van der Waals surface area contributed by atoms with E-state index in [1.807, 2.05) is 0 Å². The minimum Gasteiger partial charge on any atom is -0.395 e. The zero-order chi connectivity index (χ0) is 15.7. The van der Waals surface area contributed by atoms with E-state index in [4.69, 9.17) is 10.4 Å². The Morgan fingerprint density at radius 2 is 2.19 bits per heavy atom. The number of carbonyl (C=O) groups excluding carboxylic acids is 1. The van der Waals surface area contributed by atoms with Crippen molar-refractivity contribution in [2.24, 2.45) is 0 Å². The lowest BCUT2D eigenvalue weighted by Crippen LogP contribution is -2.37. The molecule has 0 aliphatic rings. The highest BCUT2D eigenvalue weighted by Crippen LogP contribution is 2.14. The Kier molecular flexibility index (Phi) is 7.19. The van der Waals surface area contributed by atoms with Crippen LogP contribution >= 0.6 is 0 Å². The van der Waals surface area contributed by atoms with Gasteiger partial charge in [0.25, 0.3) is 0 Å². The lowest BCUT2D eigenvalue weighted by atomic mass is 10.2. The summed E-state index contributed by atoms with van der Waals surface area (Å²) in [5.41, 5.74) is 0.240. The van der Waals surface area contributed by atoms with Crippen LogP contribution in [0.25, 0.3) is 0 Å². The fourth-order valence-electron chi connectivity index (χ4n) is 1.88. The lowest BCUT2D eigenvalue weighted by molar-refractivity contribution is 0.187. The molecule has 0 saturated heterocycles. The molecule has 0 bridgehead atoms. The van der Waals surface area contributed by atoms with Gasteiger partial charge in [-0.15, -0.1) is 0 Å². The minimum atomic E-state index is -0.620. The van der Waals surface area contributed by atoms with Crippen molar-refractivity contribution < 1.29 is 14.3 Å². The van der Waals surface area contributed by atoms with Crippen molar-refractivity contribution in [3.8, 4) is 6.07 Å². The van der Waals surface area contributed by atoms with Gasteiger partial charge in [0.1, 0.15) is 11.9 Å². The molecule has 0 saturated carbocycles. The molecule has 0 aliphatic carbocycles. The Labute approximate surface area is 124 Å². The summed E-state index contributed by atoms with van der Waals surface area (Å²) in [6.45, 7) is 2.74. The molecule has 5 nitrogen and oxygen atoms in total. The van der Waals surface area contributed by atoms with E-state index in [9.17, 15) is 9.18 Å². The Balaban J connectivity index is 2.70. The summed E-state index contributed by atoms with van der Waals surface area (Å²) in [6, 6.07) is 5.19. The molecule has 2 N–H and O–H groups in total. The molecule has 0 heterocycles. The molecule has 114 valence electrons. The summed E-state index contributed by atoms with van der Waals surface area (Å²) < 4.78 is 13.2. The van der Waals surface area contributed by atoms with Crippen molar-refractivity contribution >= 4 is 11.7 Å². The second-order valence-electron chi connectivity index (χ2n) is 4.65. The van der Waals surface area contributed by atoms with Crippen LogP contribution in [-0.4, -0.2) is 35.7 Å². The monoisotopic (exact) mass is 293 g/mol. The number of amides is 2. The van der Waals surface area contributed by atoms with Crippen LogP contribution in [0.15, 0.2) is 18.2 Å². The zero-order valence-electron chi connectivity index (χ0n) is 12.1. The Morgan fingerprint density at radius 1 is 1.43 bits per heavy atom. The molecule has 1 rings (SSSR count). The van der Waals surface area contributed by atoms with Crippen LogP contribution in [0.1, 0.15) is 31.7 Å². The van der Waals surface area contributed by atoms with Gasteiger partial charge in [-0.3, -0.25) is 0 Å². The average Bonchev–Trinajstić information content (AvgIpc) is 2.48. The summed E-state index contributed by atoms with van der Waals surface area (Å²) in [7, 11) is 0. The largest absolute Gasteiger partial charge is 0.395 e. The number of urea groups is 1. The van der Waals surface area contributed by atoms with Gasteiger partial charge in [-0.2, -0.15) is 5.26 Å². The summed E-state index contributed by atoms with van der Waals surface area (Å²) in [5.74, 6) is -0.620. The number of hydrogen-bond donors (Lipinski definition) is 2. The molecule has 2 amide bonds. The van der Waals surface area contributed by atoms with Crippen molar-refractivity contribution in [1.29, 1.82) is 5.26 Å². The number of anilines is 1. The summed E-state index contributed by atoms with van der Waals surface area (Å²) in [5, 5.41) is 20.4. The minimum absolute atomic E-state index is 0.118. The predicted molar refractivity (Wildman–Crippen MR) is 78.3 cm³/mol. The quantitative estimate of drug-likeness (QED) is 0.759. The Hall–Kier alpha value is -2.13. The number of halogens is 1. The summed E-state index contributed by atoms with van der Waals surface area (Å²) in [4.78, 5) is 13.6. The van der Waals surface area contributed by atoms with Gasteiger partial charge in [0.15, 0.2) is 0 Å². The van der Waals surface area contributed by atoms with Crippen molar-refractivity contribution in [3.63, 3.8) is 0 Å². The standard InChI is InChI=1S/C15H20FN3O2/c1-2-3-4-7-19(8-9-20)15(21)18-13-5-6-14(16)12(10-13)11-17/h5-6,10,20H,2-4,7-9H2,1H3,(H,18,21). The third-order valence-electron chi connectivity index (χ3n) is 3.03. The van der Waals surface area contributed by atoms with E-state index in [1.165, 1.54) is 17.0 Å². The van der Waals surface area contributed by atoms with Crippen LogP contribution in [0.3, 0.4) is 0 Å². The highest BCUT2D eigenvalue weighted by molar-refractivity contribution is 5.89. The number of unbranched alkanes of at least 4 members (excludes halogenated alkanes) is 2. The number of aliphatic hydroxyl groups is 1. The molecule has 0 spiro atoms. The highest BCUT2D eigenvalue weighted by Gasteiger charge is 2.13. The molecule has 1 aromatic rings. The lowest BCUT2D eigenvalue weighted by Gasteiger charge is -2.22. The average molecular weight is 293 g/mol. The topological polar surface area (TPSA) is 76.4 Å². The summed E-state index contributed by atoms with van der Waals surface area (Å²) >= 11 is 0. The van der Waals surface area contributed by atoms with E-state index in [-0.39, 0.29) is 24.7 Å². The van der Waals surface area contributed by atoms with Gasteiger partial charge >= 0.3 is 6.03 Å². The van der Waals surface area contributed by atoms with E-state index in [0.717, 1.165) is 25.3 Å². The molecule has 0 atom stereocenters. The predicted octanol–water partition coefficient (Wildman–Crippen LogP) is 2.71. The van der Waals surface area contributed by atoms with E-state index in [0.29, 0.717) is 12.2 Å². The van der Waals surface area contributed by atoms with Crippen LogP contribution in [0.5, 0.6) is 0 Å². The first kappa shape index (κ1) is 16.9. The van der Waals surface area contributed by atoms with Gasteiger partial charge < -0.3 is 15.3 Å². The van der Waals surface area contributed by atoms with Gasteiger partial charge in [-0.25, -0.2) is 9.18 Å². The smallest absolute Gasteiger partial charge is 0.321 e. The Morgan fingerprint density at radius 3 is 2.81 bits per heavy atom. The molecule has 6 heteroatoms. The summed E-state index contributed by atoms with van der Waals surface area (Å²) in [6.07, 6.45) is 2.90. The fraction of sp³-hybridized carbons (Fsp3) is 0.467. The zero-order valence-corrected chi connectivity index (χ0v) is 12.1. The Bertz CT molecular complexity index is 514. The maximum atomic E-state index is 13.2. The molecule has 0 unspecified atom stereocenters. The van der Waals surface area contributed by atoms with Crippen molar-refractivity contribution in [3.05, 3.63) is 29.6 Å². The molecule has 0 aromatic heterocycles. The fourth-order valence-corrected chi connectivity index (χ4v) is 1.88. The molecular formula is C15H20FN3O2. The molecular weight excluding hydrogens is 273 g/mol. The van der Waals surface area contributed by atoms with E-state index in [1.54, 1.807) is 6.07 Å². The van der Waals surface area contributed by atoms with Gasteiger partial charge in [0, 0.05) is 18.8 Å². The van der Waals surface area contributed by atoms with Crippen LogP contribution in [-0.2, 0) is 0 Å². The van der Waals surface area contributed by atoms with E-state index in [2.05, 4.69) is 12.2 Å². The van der Waals surface area contributed by atoms with Crippen LogP contribution in [0.2, 0.25) is 0 Å². The number of rotatable bonds is 7. The van der Waals surface area contributed by atoms with Gasteiger partial charge in [-0.05, 0) is 24.6 Å². The van der Waals surface area contributed by atoms with E-state index >= 15 is 0 Å². The van der Waals surface area contributed by atoms with Crippen LogP contribution in [0, 0.1) is 17.1 Å². The van der Waals surface area contributed by atoms with Gasteiger partial charge in [-0.1, -0.05) is 19.8 Å². The highest BCUT2D eigenvalue weighted by atomic mass is 19.1. The van der Waals surface area contributed by atoms with E-state index < -0.39 is 5.82 Å². The molecule has 1 aromatic carbocycles. The second-order valence-corrected chi connectivity index (χ2v) is 4.65. The molecule has 0 radical (unpaired) electrons.